The van der Waals surface area contributed by atoms with Gasteiger partial charge in [0.25, 0.3) is 0 Å². The lowest BCUT2D eigenvalue weighted by atomic mass is 9.87. The summed E-state index contributed by atoms with van der Waals surface area (Å²) in [6, 6.07) is 2.11. The van der Waals surface area contributed by atoms with E-state index in [9.17, 15) is 9.65 Å². The molecule has 3 aromatic heterocycles. The Labute approximate surface area is 208 Å². The Kier molecular flexibility index (Phi) is 4.51. The molecule has 3 aliphatic heterocycles. The van der Waals surface area contributed by atoms with Gasteiger partial charge < -0.3 is 20.7 Å². The maximum Gasteiger partial charge on any atom is 0.225 e. The molecule has 0 saturated carbocycles. The summed E-state index contributed by atoms with van der Waals surface area (Å²) in [6.45, 7) is 3.49. The van der Waals surface area contributed by atoms with Gasteiger partial charge in [0, 0.05) is 41.2 Å². The highest BCUT2D eigenvalue weighted by Gasteiger charge is 2.43. The molecular weight excluding hydrogens is 489 g/mol. The number of anilines is 2. The second-order valence-corrected chi connectivity index (χ2v) is 10.7. The minimum Gasteiger partial charge on any atom is -0.389 e. The first-order chi connectivity index (χ1) is 17.0. The SMILES string of the molecule is N#Cc1c(N)sc2c(F)cnc(-c3c4c(c5cnc(N6CCC7(CCN7)C6)nc5c3Cl)COC4)c12. The molecule has 0 radical (unpaired) electrons. The number of nitrogens with two attached hydrogens (primary N) is 1. The van der Waals surface area contributed by atoms with Crippen molar-refractivity contribution in [2.24, 2.45) is 0 Å². The number of nitriles is 1. The van der Waals surface area contributed by atoms with Crippen molar-refractivity contribution in [3.63, 3.8) is 0 Å². The van der Waals surface area contributed by atoms with Crippen LogP contribution in [-0.2, 0) is 18.0 Å². The van der Waals surface area contributed by atoms with Crippen molar-refractivity contribution in [2.45, 2.75) is 31.6 Å². The Balaban J connectivity index is 1.47. The van der Waals surface area contributed by atoms with Gasteiger partial charge in [0.2, 0.25) is 5.95 Å². The molecule has 35 heavy (non-hydrogen) atoms. The van der Waals surface area contributed by atoms with Gasteiger partial charge in [0.15, 0.2) is 5.82 Å². The van der Waals surface area contributed by atoms with Crippen LogP contribution in [0.4, 0.5) is 15.3 Å². The van der Waals surface area contributed by atoms with Crippen molar-refractivity contribution in [1.29, 1.82) is 5.26 Å². The minimum atomic E-state index is -0.524. The van der Waals surface area contributed by atoms with E-state index in [4.69, 9.17) is 27.1 Å². The van der Waals surface area contributed by atoms with E-state index in [1.807, 2.05) is 6.20 Å². The predicted octanol–water partition coefficient (Wildman–Crippen LogP) is 4.13. The number of hydrogen-bond donors (Lipinski definition) is 2. The zero-order valence-electron chi connectivity index (χ0n) is 18.5. The van der Waals surface area contributed by atoms with E-state index >= 15 is 0 Å². The van der Waals surface area contributed by atoms with Crippen molar-refractivity contribution in [2.75, 3.05) is 30.3 Å². The Hall–Kier alpha value is -3.10. The van der Waals surface area contributed by atoms with Crippen LogP contribution in [0, 0.1) is 17.1 Å². The van der Waals surface area contributed by atoms with E-state index in [1.54, 1.807) is 0 Å². The number of nitrogen functional groups attached to an aromatic ring is 1. The fourth-order valence-corrected chi connectivity index (χ4v) is 6.83. The van der Waals surface area contributed by atoms with E-state index < -0.39 is 5.82 Å². The van der Waals surface area contributed by atoms with Crippen LogP contribution >= 0.6 is 22.9 Å². The molecule has 0 aliphatic carbocycles. The third-order valence-corrected chi connectivity index (χ3v) is 8.87. The Morgan fingerprint density at radius 3 is 2.83 bits per heavy atom. The van der Waals surface area contributed by atoms with Gasteiger partial charge in [-0.1, -0.05) is 11.6 Å². The van der Waals surface area contributed by atoms with Gasteiger partial charge in [0.05, 0.1) is 45.9 Å². The molecule has 2 saturated heterocycles. The monoisotopic (exact) mass is 507 g/mol. The molecule has 6 heterocycles. The van der Waals surface area contributed by atoms with Gasteiger partial charge >= 0.3 is 0 Å². The number of ether oxygens (including phenoxy) is 1. The van der Waals surface area contributed by atoms with Gasteiger partial charge in [0.1, 0.15) is 11.1 Å². The fourth-order valence-electron chi connectivity index (χ4n) is 5.56. The number of halogens is 2. The molecule has 1 aromatic carbocycles. The summed E-state index contributed by atoms with van der Waals surface area (Å²) in [5, 5.41) is 15.2. The third-order valence-electron chi connectivity index (χ3n) is 7.47. The molecule has 1 unspecified atom stereocenters. The second-order valence-electron chi connectivity index (χ2n) is 9.31. The lowest BCUT2D eigenvalue weighted by molar-refractivity contribution is 0.135. The summed E-state index contributed by atoms with van der Waals surface area (Å²) in [5.74, 6) is 0.105. The smallest absolute Gasteiger partial charge is 0.225 e. The molecule has 0 amide bonds. The number of benzene rings is 1. The summed E-state index contributed by atoms with van der Waals surface area (Å²) in [7, 11) is 0. The first-order valence-electron chi connectivity index (χ1n) is 11.3. The number of pyridine rings is 1. The largest absolute Gasteiger partial charge is 0.389 e. The van der Waals surface area contributed by atoms with Crippen molar-refractivity contribution in [3.05, 3.63) is 39.9 Å². The topological polar surface area (TPSA) is 113 Å². The molecule has 176 valence electrons. The first-order valence-corrected chi connectivity index (χ1v) is 12.5. The zero-order chi connectivity index (χ0) is 23.9. The Bertz CT molecular complexity index is 1610. The molecule has 4 aromatic rings. The Morgan fingerprint density at radius 1 is 1.26 bits per heavy atom. The summed E-state index contributed by atoms with van der Waals surface area (Å²) in [6.07, 6.45) is 5.18. The van der Waals surface area contributed by atoms with Crippen molar-refractivity contribution in [3.8, 4) is 17.3 Å². The number of fused-ring (bicyclic) bond motifs is 4. The van der Waals surface area contributed by atoms with Crippen LogP contribution in [0.1, 0.15) is 29.5 Å². The molecule has 2 fully saturated rings. The highest BCUT2D eigenvalue weighted by Crippen LogP contribution is 2.47. The molecule has 3 N–H and O–H groups in total. The minimum absolute atomic E-state index is 0.162. The highest BCUT2D eigenvalue weighted by atomic mass is 35.5. The molecule has 3 aliphatic rings. The Morgan fingerprint density at radius 2 is 2.09 bits per heavy atom. The van der Waals surface area contributed by atoms with Crippen LogP contribution in [-0.4, -0.2) is 40.1 Å². The molecular formula is C24H19ClFN7OS. The van der Waals surface area contributed by atoms with Crippen LogP contribution in [0.5, 0.6) is 0 Å². The third kappa shape index (κ3) is 2.93. The fraction of sp³-hybridized carbons (Fsp3) is 0.333. The maximum absolute atomic E-state index is 14.7. The lowest BCUT2D eigenvalue weighted by Crippen LogP contribution is -2.58. The number of nitrogens with zero attached hydrogens (tertiary/aromatic N) is 5. The highest BCUT2D eigenvalue weighted by molar-refractivity contribution is 7.23. The van der Waals surface area contributed by atoms with Crippen molar-refractivity contribution < 1.29 is 9.13 Å². The molecule has 11 heteroatoms. The normalized spacial score (nSPS) is 21.1. The number of thiophene rings is 1. The molecule has 0 bridgehead atoms. The van der Waals surface area contributed by atoms with Crippen LogP contribution < -0.4 is 16.0 Å². The van der Waals surface area contributed by atoms with Crippen LogP contribution in [0.2, 0.25) is 5.02 Å². The van der Waals surface area contributed by atoms with E-state index in [2.05, 4.69) is 26.3 Å². The quantitative estimate of drug-likeness (QED) is 0.416. The summed E-state index contributed by atoms with van der Waals surface area (Å²) >= 11 is 8.09. The van der Waals surface area contributed by atoms with Gasteiger partial charge in [-0.05, 0) is 30.5 Å². The van der Waals surface area contributed by atoms with Gasteiger partial charge in [-0.2, -0.15) is 5.26 Å². The average Bonchev–Trinajstić information content (AvgIpc) is 3.57. The number of nitrogens with one attached hydrogen (secondary N) is 1. The molecule has 7 rings (SSSR count). The van der Waals surface area contributed by atoms with E-state index in [1.165, 1.54) is 0 Å². The number of rotatable bonds is 2. The lowest BCUT2D eigenvalue weighted by Gasteiger charge is -2.39. The van der Waals surface area contributed by atoms with Crippen LogP contribution in [0.25, 0.3) is 32.2 Å². The summed E-state index contributed by atoms with van der Waals surface area (Å²) < 4.78 is 20.7. The molecule has 1 spiro atoms. The van der Waals surface area contributed by atoms with Crippen LogP contribution in [0.3, 0.4) is 0 Å². The van der Waals surface area contributed by atoms with Crippen molar-refractivity contribution >= 4 is 54.9 Å². The van der Waals surface area contributed by atoms with E-state index in [0.29, 0.717) is 46.3 Å². The van der Waals surface area contributed by atoms with E-state index in [0.717, 1.165) is 66.5 Å². The standard InChI is InChI=1S/C24H19ClFN7OS/c25-18-16(20-17-11(5-27)22(28)35-21(17)15(26)7-29-20)14-9-34-8-13(14)12-6-30-23(32-19(12)18)33-4-2-24(10-33)1-3-31-24/h6-7,31H,1-4,8-10,28H2. The summed E-state index contributed by atoms with van der Waals surface area (Å²) in [4.78, 5) is 16.2. The second kappa shape index (κ2) is 7.45. The van der Waals surface area contributed by atoms with Gasteiger partial charge in [-0.15, -0.1) is 11.3 Å². The zero-order valence-corrected chi connectivity index (χ0v) is 20.1. The van der Waals surface area contributed by atoms with Crippen LogP contribution in [0.15, 0.2) is 12.4 Å². The van der Waals surface area contributed by atoms with Gasteiger partial charge in [-0.3, -0.25) is 4.98 Å². The average molecular weight is 508 g/mol. The summed E-state index contributed by atoms with van der Waals surface area (Å²) in [5.41, 5.74) is 9.83. The molecule has 1 atom stereocenters. The van der Waals surface area contributed by atoms with Crippen molar-refractivity contribution in [1.82, 2.24) is 20.3 Å². The number of hydrogen-bond acceptors (Lipinski definition) is 9. The predicted molar refractivity (Wildman–Crippen MR) is 133 cm³/mol. The van der Waals surface area contributed by atoms with E-state index in [-0.39, 0.29) is 20.8 Å². The maximum atomic E-state index is 14.7. The molecule has 8 nitrogen and oxygen atoms in total. The van der Waals surface area contributed by atoms with Gasteiger partial charge in [-0.25, -0.2) is 14.4 Å². The number of aromatic nitrogens is 3. The first kappa shape index (κ1) is 21.2.